The van der Waals surface area contributed by atoms with Gasteiger partial charge in [0, 0.05) is 36.6 Å². The number of pyridine rings is 2. The van der Waals surface area contributed by atoms with E-state index in [-0.39, 0.29) is 23.2 Å². The van der Waals surface area contributed by atoms with Crippen LogP contribution < -0.4 is 0 Å². The van der Waals surface area contributed by atoms with Crippen molar-refractivity contribution in [1.82, 2.24) is 9.97 Å². The summed E-state index contributed by atoms with van der Waals surface area (Å²) in [6, 6.07) is 14.9. The van der Waals surface area contributed by atoms with Gasteiger partial charge in [0.05, 0.1) is 11.1 Å². The van der Waals surface area contributed by atoms with E-state index in [1.807, 2.05) is 24.3 Å². The van der Waals surface area contributed by atoms with Crippen LogP contribution in [0.2, 0.25) is 0 Å². The second-order valence-electron chi connectivity index (χ2n) is 10.0. The van der Waals surface area contributed by atoms with E-state index in [4.69, 9.17) is 9.47 Å². The van der Waals surface area contributed by atoms with E-state index in [2.05, 4.69) is 55.0 Å². The van der Waals surface area contributed by atoms with Crippen molar-refractivity contribution in [3.8, 4) is 0 Å². The lowest BCUT2D eigenvalue weighted by molar-refractivity contribution is -0.121. The van der Waals surface area contributed by atoms with E-state index in [1.54, 1.807) is 36.7 Å². The summed E-state index contributed by atoms with van der Waals surface area (Å²) in [4.78, 5) is 34.8. The second-order valence-corrected chi connectivity index (χ2v) is 10.0. The Balaban J connectivity index is 1.62. The quantitative estimate of drug-likeness (QED) is 0.422. The van der Waals surface area contributed by atoms with Crippen molar-refractivity contribution < 1.29 is 19.1 Å². The SMILES string of the molecule is Cc1ccccc1C1C(OC(=O)c2cccnc2)C(OC(=O)c2cccnc2)C(C)C2(C)C=CC=CC12. The molecule has 1 fully saturated rings. The van der Waals surface area contributed by atoms with Crippen molar-refractivity contribution in [2.45, 2.75) is 38.9 Å². The number of hydrogen-bond donors (Lipinski definition) is 0. The molecule has 0 bridgehead atoms. The van der Waals surface area contributed by atoms with Gasteiger partial charge in [-0.15, -0.1) is 0 Å². The van der Waals surface area contributed by atoms with Crippen molar-refractivity contribution >= 4 is 11.9 Å². The Morgan fingerprint density at radius 3 is 2.05 bits per heavy atom. The number of nitrogens with zero attached hydrogens (tertiary/aromatic N) is 2. The summed E-state index contributed by atoms with van der Waals surface area (Å²) in [5, 5.41) is 0. The molecular weight excluding hydrogens is 464 g/mol. The fraction of sp³-hybridized carbons (Fsp3) is 0.290. The molecule has 2 aliphatic rings. The van der Waals surface area contributed by atoms with Gasteiger partial charge in [-0.2, -0.15) is 0 Å². The zero-order valence-corrected chi connectivity index (χ0v) is 21.2. The fourth-order valence-corrected chi connectivity index (χ4v) is 5.77. The van der Waals surface area contributed by atoms with Crippen LogP contribution in [0.15, 0.2) is 97.6 Å². The van der Waals surface area contributed by atoms with Crippen LogP contribution in [0.1, 0.15) is 51.6 Å². The van der Waals surface area contributed by atoms with Crippen LogP contribution in [-0.4, -0.2) is 34.1 Å². The summed E-state index contributed by atoms with van der Waals surface area (Å²) in [7, 11) is 0. The molecule has 6 atom stereocenters. The number of fused-ring (bicyclic) bond motifs is 1. The molecule has 6 heteroatoms. The standard InChI is InChI=1S/C31H30N2O4/c1-20-10-4-5-13-24(20)26-25-14-6-7-15-31(25,3)21(2)27(36-29(34)22-11-8-16-32-18-22)28(26)37-30(35)23-12-9-17-33-19-23/h4-19,21,25-28H,1-3H3. The Hall–Kier alpha value is -4.06. The molecule has 3 aromatic rings. The predicted octanol–water partition coefficient (Wildman–Crippen LogP) is 5.72. The average Bonchev–Trinajstić information content (AvgIpc) is 2.93. The number of benzene rings is 1. The molecule has 2 aliphatic carbocycles. The largest absolute Gasteiger partial charge is 0.454 e. The molecule has 5 rings (SSSR count). The molecule has 0 saturated heterocycles. The summed E-state index contributed by atoms with van der Waals surface area (Å²) in [6.07, 6.45) is 13.2. The van der Waals surface area contributed by atoms with E-state index in [0.29, 0.717) is 11.1 Å². The Labute approximate surface area is 217 Å². The number of hydrogen-bond acceptors (Lipinski definition) is 6. The molecule has 0 N–H and O–H groups in total. The molecular formula is C31H30N2O4. The summed E-state index contributed by atoms with van der Waals surface area (Å²) in [5.41, 5.74) is 2.53. The Bertz CT molecular complexity index is 1340. The zero-order chi connectivity index (χ0) is 26.0. The lowest BCUT2D eigenvalue weighted by Gasteiger charge is -2.54. The Kier molecular flexibility index (Phi) is 6.74. The van der Waals surface area contributed by atoms with Gasteiger partial charge < -0.3 is 9.47 Å². The molecule has 188 valence electrons. The number of aryl methyl sites for hydroxylation is 1. The van der Waals surface area contributed by atoms with Crippen LogP contribution in [0.5, 0.6) is 0 Å². The molecule has 1 saturated carbocycles. The van der Waals surface area contributed by atoms with E-state index in [9.17, 15) is 9.59 Å². The van der Waals surface area contributed by atoms with Crippen LogP contribution in [0.3, 0.4) is 0 Å². The minimum atomic E-state index is -0.723. The van der Waals surface area contributed by atoms with Crippen molar-refractivity contribution in [2.75, 3.05) is 0 Å². The fourth-order valence-electron chi connectivity index (χ4n) is 5.77. The zero-order valence-electron chi connectivity index (χ0n) is 21.2. The highest BCUT2D eigenvalue weighted by atomic mass is 16.6. The number of rotatable bonds is 5. The van der Waals surface area contributed by atoms with Gasteiger partial charge in [-0.25, -0.2) is 9.59 Å². The molecule has 6 nitrogen and oxygen atoms in total. The average molecular weight is 495 g/mol. The molecule has 2 aromatic heterocycles. The van der Waals surface area contributed by atoms with Gasteiger partial charge in [0.2, 0.25) is 0 Å². The lowest BCUT2D eigenvalue weighted by Crippen LogP contribution is -2.57. The highest BCUT2D eigenvalue weighted by molar-refractivity contribution is 5.90. The molecule has 0 aliphatic heterocycles. The first-order chi connectivity index (χ1) is 17.9. The first-order valence-corrected chi connectivity index (χ1v) is 12.5. The van der Waals surface area contributed by atoms with E-state index >= 15 is 0 Å². The van der Waals surface area contributed by atoms with Gasteiger partial charge in [-0.1, -0.05) is 62.4 Å². The molecule has 0 radical (unpaired) electrons. The molecule has 0 amide bonds. The lowest BCUT2D eigenvalue weighted by atomic mass is 9.53. The van der Waals surface area contributed by atoms with Crippen LogP contribution >= 0.6 is 0 Å². The maximum atomic E-state index is 13.4. The van der Waals surface area contributed by atoms with Gasteiger partial charge in [0.25, 0.3) is 0 Å². The van der Waals surface area contributed by atoms with E-state index in [1.165, 1.54) is 12.4 Å². The van der Waals surface area contributed by atoms with Crippen LogP contribution in [0.4, 0.5) is 0 Å². The topological polar surface area (TPSA) is 78.4 Å². The maximum absolute atomic E-state index is 13.4. The number of carbonyl (C=O) groups excluding carboxylic acids is 2. The first kappa shape index (κ1) is 24.6. The number of aromatic nitrogens is 2. The summed E-state index contributed by atoms with van der Waals surface area (Å²) in [5.74, 6) is -1.35. The third-order valence-corrected chi connectivity index (χ3v) is 7.97. The van der Waals surface area contributed by atoms with Crippen LogP contribution in [0, 0.1) is 24.2 Å². The van der Waals surface area contributed by atoms with Crippen molar-refractivity contribution in [3.05, 3.63) is 120 Å². The third kappa shape index (κ3) is 4.59. The van der Waals surface area contributed by atoms with Gasteiger partial charge in [-0.05, 0) is 53.6 Å². The van der Waals surface area contributed by atoms with Crippen molar-refractivity contribution in [2.24, 2.45) is 17.3 Å². The number of carbonyl (C=O) groups is 2. The van der Waals surface area contributed by atoms with E-state index < -0.39 is 24.1 Å². The minimum absolute atomic E-state index is 0.0219. The van der Waals surface area contributed by atoms with Gasteiger partial charge >= 0.3 is 11.9 Å². The van der Waals surface area contributed by atoms with Crippen LogP contribution in [0.25, 0.3) is 0 Å². The highest BCUT2D eigenvalue weighted by Gasteiger charge is 2.57. The molecule has 1 aromatic carbocycles. The van der Waals surface area contributed by atoms with E-state index in [0.717, 1.165) is 11.1 Å². The van der Waals surface area contributed by atoms with Crippen LogP contribution in [-0.2, 0) is 9.47 Å². The molecule has 37 heavy (non-hydrogen) atoms. The Morgan fingerprint density at radius 1 is 0.838 bits per heavy atom. The summed E-state index contributed by atoms with van der Waals surface area (Å²) >= 11 is 0. The molecule has 0 spiro atoms. The maximum Gasteiger partial charge on any atom is 0.340 e. The number of ether oxygens (including phenoxy) is 2. The summed E-state index contributed by atoms with van der Waals surface area (Å²) in [6.45, 7) is 6.32. The van der Waals surface area contributed by atoms with Gasteiger partial charge in [0.15, 0.2) is 0 Å². The Morgan fingerprint density at radius 2 is 1.46 bits per heavy atom. The molecule has 6 unspecified atom stereocenters. The van der Waals surface area contributed by atoms with Crippen molar-refractivity contribution in [3.63, 3.8) is 0 Å². The first-order valence-electron chi connectivity index (χ1n) is 12.5. The van der Waals surface area contributed by atoms with Crippen molar-refractivity contribution in [1.29, 1.82) is 0 Å². The third-order valence-electron chi connectivity index (χ3n) is 7.97. The van der Waals surface area contributed by atoms with Gasteiger partial charge in [0.1, 0.15) is 12.2 Å². The minimum Gasteiger partial charge on any atom is -0.454 e. The monoisotopic (exact) mass is 494 g/mol. The normalized spacial score (nSPS) is 28.2. The number of esters is 2. The molecule has 2 heterocycles. The summed E-state index contributed by atoms with van der Waals surface area (Å²) < 4.78 is 12.5. The predicted molar refractivity (Wildman–Crippen MR) is 140 cm³/mol. The second kappa shape index (κ2) is 10.1. The smallest absolute Gasteiger partial charge is 0.340 e. The number of allylic oxidation sites excluding steroid dienone is 4. The van der Waals surface area contributed by atoms with Gasteiger partial charge in [-0.3, -0.25) is 9.97 Å². The highest BCUT2D eigenvalue weighted by Crippen LogP contribution is 2.56.